The molecular formula is C13H19ClN4. The van der Waals surface area contributed by atoms with Gasteiger partial charge >= 0.3 is 0 Å². The maximum Gasteiger partial charge on any atom is 0.107 e. The molecule has 2 rings (SSSR count). The van der Waals surface area contributed by atoms with Crippen molar-refractivity contribution in [2.24, 2.45) is 11.5 Å². The van der Waals surface area contributed by atoms with Crippen molar-refractivity contribution in [2.75, 3.05) is 0 Å². The van der Waals surface area contributed by atoms with Gasteiger partial charge < -0.3 is 16.8 Å². The molecule has 0 bridgehead atoms. The first-order valence-electron chi connectivity index (χ1n) is 6.30. The van der Waals surface area contributed by atoms with Crippen molar-refractivity contribution in [3.05, 3.63) is 28.9 Å². The van der Waals surface area contributed by atoms with Crippen LogP contribution in [0.1, 0.15) is 32.1 Å². The van der Waals surface area contributed by atoms with E-state index in [1.54, 1.807) is 18.5 Å². The van der Waals surface area contributed by atoms with E-state index in [4.69, 9.17) is 23.1 Å². The third-order valence-electron chi connectivity index (χ3n) is 3.33. The highest BCUT2D eigenvalue weighted by atomic mass is 35.5. The van der Waals surface area contributed by atoms with Gasteiger partial charge in [0.1, 0.15) is 11.0 Å². The predicted octanol–water partition coefficient (Wildman–Crippen LogP) is 0.291. The Morgan fingerprint density at radius 2 is 1.94 bits per heavy atom. The summed E-state index contributed by atoms with van der Waals surface area (Å²) in [5.41, 5.74) is 11.7. The number of pyridine rings is 1. The second-order valence-corrected chi connectivity index (χ2v) is 5.07. The van der Waals surface area contributed by atoms with E-state index in [0.717, 1.165) is 23.3 Å². The zero-order valence-electron chi connectivity index (χ0n) is 10.3. The molecule has 1 saturated carbocycles. The van der Waals surface area contributed by atoms with Gasteiger partial charge in [-0.3, -0.25) is 4.98 Å². The summed E-state index contributed by atoms with van der Waals surface area (Å²) in [6.45, 7) is 0. The first-order chi connectivity index (χ1) is 8.68. The Balaban J connectivity index is 2.33. The van der Waals surface area contributed by atoms with E-state index >= 15 is 0 Å². The van der Waals surface area contributed by atoms with Crippen LogP contribution < -0.4 is 27.2 Å². The molecule has 1 aromatic heterocycles. The Hall–Kier alpha value is -1.42. The Labute approximate surface area is 112 Å². The highest BCUT2D eigenvalue weighted by Crippen LogP contribution is 2.17. The molecule has 18 heavy (non-hydrogen) atoms. The van der Waals surface area contributed by atoms with Crippen molar-refractivity contribution in [1.82, 2.24) is 10.3 Å². The molecule has 0 aliphatic heterocycles. The highest BCUT2D eigenvalue weighted by Gasteiger charge is 2.13. The SMILES string of the molecule is N/C(NC1CCCCC1)=c1/cncc/c1=C(/N)Cl. The van der Waals surface area contributed by atoms with Gasteiger partial charge in [0, 0.05) is 28.9 Å². The van der Waals surface area contributed by atoms with Crippen LogP contribution in [0.3, 0.4) is 0 Å². The molecule has 0 atom stereocenters. The van der Waals surface area contributed by atoms with Gasteiger partial charge in [0.15, 0.2) is 0 Å². The van der Waals surface area contributed by atoms with Crippen molar-refractivity contribution >= 4 is 22.6 Å². The standard InChI is InChI=1S/C13H19ClN4/c14-12(15)10-6-7-17-8-11(10)13(16)18-9-4-2-1-3-5-9/h6-9,18H,1-5,15-16H2/b12-10-,13-11+. The molecule has 5 heteroatoms. The van der Waals surface area contributed by atoms with E-state index in [1.165, 1.54) is 19.3 Å². The molecule has 0 amide bonds. The van der Waals surface area contributed by atoms with Crippen molar-refractivity contribution in [1.29, 1.82) is 0 Å². The lowest BCUT2D eigenvalue weighted by Gasteiger charge is -2.23. The lowest BCUT2D eigenvalue weighted by molar-refractivity contribution is 0.407. The average Bonchev–Trinajstić information content (AvgIpc) is 2.40. The van der Waals surface area contributed by atoms with Crippen LogP contribution in [0.2, 0.25) is 0 Å². The summed E-state index contributed by atoms with van der Waals surface area (Å²) in [4.78, 5) is 4.07. The molecule has 1 aliphatic rings. The largest absolute Gasteiger partial charge is 0.389 e. The maximum atomic E-state index is 6.10. The monoisotopic (exact) mass is 266 g/mol. The molecule has 4 nitrogen and oxygen atoms in total. The van der Waals surface area contributed by atoms with Crippen molar-refractivity contribution in [3.63, 3.8) is 0 Å². The summed E-state index contributed by atoms with van der Waals surface area (Å²) >= 11 is 5.87. The normalized spacial score (nSPS) is 20.3. The summed E-state index contributed by atoms with van der Waals surface area (Å²) in [5, 5.41) is 5.10. The minimum absolute atomic E-state index is 0.237. The molecule has 98 valence electrons. The Kier molecular flexibility index (Phi) is 4.31. The molecule has 0 unspecified atom stereocenters. The van der Waals surface area contributed by atoms with Crippen LogP contribution in [0, 0.1) is 0 Å². The fourth-order valence-electron chi connectivity index (χ4n) is 2.36. The Morgan fingerprint density at radius 1 is 1.22 bits per heavy atom. The predicted molar refractivity (Wildman–Crippen MR) is 74.5 cm³/mol. The first kappa shape index (κ1) is 13.0. The first-order valence-corrected chi connectivity index (χ1v) is 6.68. The number of aromatic nitrogens is 1. The van der Waals surface area contributed by atoms with Crippen LogP contribution in [-0.4, -0.2) is 11.0 Å². The van der Waals surface area contributed by atoms with E-state index in [9.17, 15) is 0 Å². The smallest absolute Gasteiger partial charge is 0.107 e. The zero-order valence-corrected chi connectivity index (χ0v) is 11.1. The van der Waals surface area contributed by atoms with Gasteiger partial charge in [-0.05, 0) is 18.9 Å². The minimum Gasteiger partial charge on any atom is -0.389 e. The van der Waals surface area contributed by atoms with Gasteiger partial charge in [-0.15, -0.1) is 0 Å². The van der Waals surface area contributed by atoms with E-state index in [0.29, 0.717) is 11.9 Å². The summed E-state index contributed by atoms with van der Waals surface area (Å²) in [6.07, 6.45) is 9.51. The van der Waals surface area contributed by atoms with Crippen LogP contribution >= 0.6 is 11.6 Å². The number of nitrogens with two attached hydrogens (primary N) is 2. The van der Waals surface area contributed by atoms with Gasteiger partial charge in [0.25, 0.3) is 0 Å². The van der Waals surface area contributed by atoms with Crippen LogP contribution in [0.25, 0.3) is 11.0 Å². The van der Waals surface area contributed by atoms with Gasteiger partial charge in [-0.1, -0.05) is 30.9 Å². The fraction of sp³-hybridized carbons (Fsp3) is 0.462. The topological polar surface area (TPSA) is 77.0 Å². The summed E-state index contributed by atoms with van der Waals surface area (Å²) < 4.78 is 0. The van der Waals surface area contributed by atoms with Crippen molar-refractivity contribution in [3.8, 4) is 0 Å². The number of hydrogen-bond acceptors (Lipinski definition) is 4. The molecule has 1 fully saturated rings. The highest BCUT2D eigenvalue weighted by molar-refractivity contribution is 6.44. The van der Waals surface area contributed by atoms with Gasteiger partial charge in [-0.2, -0.15) is 0 Å². The number of hydrogen-bond donors (Lipinski definition) is 3. The van der Waals surface area contributed by atoms with E-state index in [-0.39, 0.29) is 5.16 Å². The summed E-state index contributed by atoms with van der Waals surface area (Å²) in [7, 11) is 0. The van der Waals surface area contributed by atoms with Crippen LogP contribution in [0.5, 0.6) is 0 Å². The number of halogens is 1. The quantitative estimate of drug-likeness (QED) is 0.673. The van der Waals surface area contributed by atoms with Gasteiger partial charge in [-0.25, -0.2) is 0 Å². The Bertz CT molecular complexity index is 516. The lowest BCUT2D eigenvalue weighted by Crippen LogP contribution is -2.41. The third-order valence-corrected chi connectivity index (χ3v) is 3.54. The van der Waals surface area contributed by atoms with Crippen LogP contribution in [0.4, 0.5) is 0 Å². The fourth-order valence-corrected chi connectivity index (χ4v) is 2.53. The molecule has 1 aliphatic carbocycles. The molecular weight excluding hydrogens is 248 g/mol. The number of nitrogens with zero attached hydrogens (tertiary/aromatic N) is 1. The molecule has 1 aromatic rings. The molecule has 0 spiro atoms. The summed E-state index contributed by atoms with van der Waals surface area (Å²) in [5.74, 6) is 0.605. The molecule has 0 aromatic carbocycles. The van der Waals surface area contributed by atoms with Crippen LogP contribution in [-0.2, 0) is 0 Å². The van der Waals surface area contributed by atoms with Crippen molar-refractivity contribution < 1.29 is 0 Å². The Morgan fingerprint density at radius 3 is 2.61 bits per heavy atom. The number of nitrogens with one attached hydrogen (secondary N) is 1. The minimum atomic E-state index is 0.237. The molecule has 0 radical (unpaired) electrons. The van der Waals surface area contributed by atoms with E-state index in [1.807, 2.05) is 0 Å². The van der Waals surface area contributed by atoms with Crippen molar-refractivity contribution in [2.45, 2.75) is 38.1 Å². The second kappa shape index (κ2) is 5.96. The molecule has 0 saturated heterocycles. The van der Waals surface area contributed by atoms with E-state index < -0.39 is 0 Å². The number of rotatable bonds is 2. The lowest BCUT2D eigenvalue weighted by atomic mass is 9.95. The molecule has 5 N–H and O–H groups in total. The molecule has 1 heterocycles. The van der Waals surface area contributed by atoms with E-state index in [2.05, 4.69) is 10.3 Å². The average molecular weight is 267 g/mol. The summed E-state index contributed by atoms with van der Waals surface area (Å²) in [6, 6.07) is 2.22. The maximum absolute atomic E-state index is 6.10. The van der Waals surface area contributed by atoms with Gasteiger partial charge in [0.05, 0.1) is 0 Å². The van der Waals surface area contributed by atoms with Gasteiger partial charge in [0.2, 0.25) is 0 Å². The zero-order chi connectivity index (χ0) is 13.0. The third kappa shape index (κ3) is 3.07. The van der Waals surface area contributed by atoms with Crippen LogP contribution in [0.15, 0.2) is 18.5 Å². The second-order valence-electron chi connectivity index (χ2n) is 4.66.